The van der Waals surface area contributed by atoms with E-state index in [4.69, 9.17) is 21.7 Å². The third-order valence-corrected chi connectivity index (χ3v) is 7.78. The van der Waals surface area contributed by atoms with Gasteiger partial charge in [0.15, 0.2) is 5.96 Å². The minimum Gasteiger partial charge on any atom is -0.496 e. The zero-order valence-corrected chi connectivity index (χ0v) is 21.3. The number of methoxy groups -OCH3 is 1. The fourth-order valence-electron chi connectivity index (χ4n) is 5.18. The van der Waals surface area contributed by atoms with E-state index in [0.29, 0.717) is 35.5 Å². The highest BCUT2D eigenvalue weighted by molar-refractivity contribution is 9.10. The van der Waals surface area contributed by atoms with Crippen LogP contribution in [-0.2, 0) is 12.8 Å². The lowest BCUT2D eigenvalue weighted by Crippen LogP contribution is -2.52. The van der Waals surface area contributed by atoms with Crippen LogP contribution in [0.15, 0.2) is 40.9 Å². The van der Waals surface area contributed by atoms with Crippen molar-refractivity contribution in [2.45, 2.75) is 56.7 Å². The van der Waals surface area contributed by atoms with E-state index in [0.717, 1.165) is 34.2 Å². The van der Waals surface area contributed by atoms with Crippen molar-refractivity contribution < 1.29 is 9.53 Å². The molecule has 8 heteroatoms. The lowest BCUT2D eigenvalue weighted by atomic mass is 9.98. The molecule has 2 unspecified atom stereocenters. The fraction of sp³-hybridized carbons (Fsp3) is 0.440. The summed E-state index contributed by atoms with van der Waals surface area (Å²) in [7, 11) is 3.84. The third kappa shape index (κ3) is 5.53. The van der Waals surface area contributed by atoms with Crippen LogP contribution in [0.3, 0.4) is 0 Å². The summed E-state index contributed by atoms with van der Waals surface area (Å²) in [5.74, 6) is 0.532. The van der Waals surface area contributed by atoms with Crippen LogP contribution in [0.5, 0.6) is 5.75 Å². The molecule has 0 aliphatic carbocycles. The van der Waals surface area contributed by atoms with Gasteiger partial charge < -0.3 is 15.0 Å². The first-order valence-corrected chi connectivity index (χ1v) is 12.5. The molecule has 2 aromatic rings. The van der Waals surface area contributed by atoms with Crippen LogP contribution >= 0.6 is 27.5 Å². The molecule has 1 amide bonds. The molecule has 0 saturated carbocycles. The van der Waals surface area contributed by atoms with Gasteiger partial charge in [-0.1, -0.05) is 33.6 Å². The Morgan fingerprint density at radius 2 is 1.94 bits per heavy atom. The van der Waals surface area contributed by atoms with Gasteiger partial charge in [-0.25, -0.2) is 0 Å². The smallest absolute Gasteiger partial charge is 0.258 e. The summed E-state index contributed by atoms with van der Waals surface area (Å²) in [6.07, 6.45) is 5.68. The minimum absolute atomic E-state index is 0.0496. The highest BCUT2D eigenvalue weighted by Gasteiger charge is 2.38. The molecule has 4 rings (SSSR count). The number of hydrogen-bond acceptors (Lipinski definition) is 4. The van der Waals surface area contributed by atoms with Gasteiger partial charge in [0.05, 0.1) is 7.11 Å². The molecule has 2 aliphatic heterocycles. The van der Waals surface area contributed by atoms with Gasteiger partial charge in [-0.15, -0.1) is 0 Å². The molecule has 2 atom stereocenters. The Labute approximate surface area is 208 Å². The first-order valence-electron chi connectivity index (χ1n) is 11.3. The molecule has 2 heterocycles. The first kappa shape index (κ1) is 24.0. The molecule has 2 fully saturated rings. The van der Waals surface area contributed by atoms with Crippen molar-refractivity contribution >= 4 is 39.4 Å². The van der Waals surface area contributed by atoms with Crippen molar-refractivity contribution in [2.75, 3.05) is 14.2 Å². The van der Waals surface area contributed by atoms with E-state index < -0.39 is 0 Å². The summed E-state index contributed by atoms with van der Waals surface area (Å²) in [6, 6.07) is 12.6. The van der Waals surface area contributed by atoms with Crippen molar-refractivity contribution in [3.8, 4) is 5.75 Å². The number of halogens is 2. The average molecular weight is 534 g/mol. The van der Waals surface area contributed by atoms with Gasteiger partial charge >= 0.3 is 0 Å². The zero-order valence-electron chi connectivity index (χ0n) is 19.0. The number of amides is 1. The number of carbonyl (C=O) groups is 1. The van der Waals surface area contributed by atoms with Gasteiger partial charge in [0.25, 0.3) is 5.91 Å². The van der Waals surface area contributed by atoms with Gasteiger partial charge in [0, 0.05) is 33.2 Å². The second-order valence-electron chi connectivity index (χ2n) is 8.91. The van der Waals surface area contributed by atoms with E-state index in [1.54, 1.807) is 25.3 Å². The van der Waals surface area contributed by atoms with Crippen molar-refractivity contribution in [3.63, 3.8) is 0 Å². The lowest BCUT2D eigenvalue weighted by Gasteiger charge is -2.36. The highest BCUT2D eigenvalue weighted by atomic mass is 79.9. The number of nitrogens with one attached hydrogen (secondary N) is 3. The number of guanidine groups is 1. The largest absolute Gasteiger partial charge is 0.496 e. The van der Waals surface area contributed by atoms with Gasteiger partial charge in [-0.05, 0) is 87.0 Å². The van der Waals surface area contributed by atoms with E-state index in [9.17, 15) is 4.79 Å². The molecule has 0 spiro atoms. The van der Waals surface area contributed by atoms with E-state index in [1.165, 1.54) is 12.8 Å². The molecule has 6 nitrogen and oxygen atoms in total. The van der Waals surface area contributed by atoms with Crippen molar-refractivity contribution in [1.82, 2.24) is 15.5 Å². The van der Waals surface area contributed by atoms with E-state index in [-0.39, 0.29) is 17.9 Å². The SMILES string of the molecule is COc1ccc(Br)cc1CCc1c(Cl)cccc1C(=O)NC(=N)NC1CC2CCC(C1)N2C. The first-order chi connectivity index (χ1) is 15.9. The van der Waals surface area contributed by atoms with Crippen molar-refractivity contribution in [3.05, 3.63) is 62.6 Å². The third-order valence-electron chi connectivity index (χ3n) is 6.94. The predicted molar refractivity (Wildman–Crippen MR) is 135 cm³/mol. The number of carbonyl (C=O) groups excluding carboxylic acids is 1. The molecular weight excluding hydrogens is 504 g/mol. The number of fused-ring (bicyclic) bond motifs is 2. The van der Waals surface area contributed by atoms with Crippen LogP contribution < -0.4 is 15.4 Å². The highest BCUT2D eigenvalue weighted by Crippen LogP contribution is 2.34. The number of rotatable bonds is 6. The Morgan fingerprint density at radius 1 is 1.21 bits per heavy atom. The molecule has 0 radical (unpaired) electrons. The summed E-state index contributed by atoms with van der Waals surface area (Å²) in [4.78, 5) is 15.5. The van der Waals surface area contributed by atoms with Crippen LogP contribution in [0, 0.1) is 5.41 Å². The van der Waals surface area contributed by atoms with E-state index >= 15 is 0 Å². The molecule has 2 aliphatic rings. The standard InChI is InChI=1S/C25H30BrClN4O2/c1-31-18-8-9-19(31)14-17(13-18)29-25(28)30-24(32)21-4-3-5-22(27)20(21)10-6-15-12-16(26)7-11-23(15)33-2/h3-5,7,11-12,17-19H,6,8-10,13-14H2,1-2H3,(H3,28,29,30,32). The average Bonchev–Trinajstić information content (AvgIpc) is 2.98. The molecule has 3 N–H and O–H groups in total. The van der Waals surface area contributed by atoms with Gasteiger partial charge in [0.2, 0.25) is 0 Å². The second-order valence-corrected chi connectivity index (χ2v) is 10.2. The van der Waals surface area contributed by atoms with Crippen LogP contribution in [0.1, 0.15) is 47.2 Å². The number of nitrogens with zero attached hydrogens (tertiary/aromatic N) is 1. The molecule has 2 aromatic carbocycles. The zero-order chi connectivity index (χ0) is 23.5. The summed E-state index contributed by atoms with van der Waals surface area (Å²) >= 11 is 10.0. The number of piperidine rings is 1. The maximum Gasteiger partial charge on any atom is 0.258 e. The second kappa shape index (κ2) is 10.5. The van der Waals surface area contributed by atoms with Gasteiger partial charge in [-0.3, -0.25) is 15.5 Å². The number of benzene rings is 2. The van der Waals surface area contributed by atoms with E-state index in [1.807, 2.05) is 18.2 Å². The molecule has 2 saturated heterocycles. The Hall–Kier alpha value is -2.09. The van der Waals surface area contributed by atoms with Crippen LogP contribution in [0.25, 0.3) is 0 Å². The maximum absolute atomic E-state index is 13.1. The minimum atomic E-state index is -0.317. The molecular formula is C25H30BrClN4O2. The Morgan fingerprint density at radius 3 is 2.64 bits per heavy atom. The Balaban J connectivity index is 1.41. The normalized spacial score (nSPS) is 22.1. The lowest BCUT2D eigenvalue weighted by molar-refractivity contribution is 0.0973. The number of aryl methyl sites for hydroxylation is 1. The number of ether oxygens (including phenoxy) is 1. The van der Waals surface area contributed by atoms with Gasteiger partial charge in [0.1, 0.15) is 5.75 Å². The summed E-state index contributed by atoms with van der Waals surface area (Å²) in [5.41, 5.74) is 2.29. The summed E-state index contributed by atoms with van der Waals surface area (Å²) in [5, 5.41) is 14.8. The molecule has 0 aromatic heterocycles. The van der Waals surface area contributed by atoms with Crippen molar-refractivity contribution in [1.29, 1.82) is 5.41 Å². The van der Waals surface area contributed by atoms with Crippen LogP contribution in [-0.4, -0.2) is 49.0 Å². The number of hydrogen-bond donors (Lipinski definition) is 3. The van der Waals surface area contributed by atoms with Gasteiger partial charge in [-0.2, -0.15) is 0 Å². The van der Waals surface area contributed by atoms with Crippen LogP contribution in [0.4, 0.5) is 0 Å². The summed E-state index contributed by atoms with van der Waals surface area (Å²) < 4.78 is 6.44. The fourth-order valence-corrected chi connectivity index (χ4v) is 5.86. The van der Waals surface area contributed by atoms with Crippen LogP contribution in [0.2, 0.25) is 5.02 Å². The topological polar surface area (TPSA) is 77.4 Å². The monoisotopic (exact) mass is 532 g/mol. The molecule has 2 bridgehead atoms. The Kier molecular flexibility index (Phi) is 7.62. The quantitative estimate of drug-likeness (QED) is 0.369. The van der Waals surface area contributed by atoms with E-state index in [2.05, 4.69) is 38.5 Å². The molecule has 176 valence electrons. The maximum atomic E-state index is 13.1. The Bertz CT molecular complexity index is 1030. The van der Waals surface area contributed by atoms with Crippen molar-refractivity contribution in [2.24, 2.45) is 0 Å². The predicted octanol–water partition coefficient (Wildman–Crippen LogP) is 4.78. The summed E-state index contributed by atoms with van der Waals surface area (Å²) in [6.45, 7) is 0. The molecule has 33 heavy (non-hydrogen) atoms.